The second-order valence-corrected chi connectivity index (χ2v) is 6.10. The Labute approximate surface area is 125 Å². The summed E-state index contributed by atoms with van der Waals surface area (Å²) < 4.78 is 7.03. The summed E-state index contributed by atoms with van der Waals surface area (Å²) in [4.78, 5) is 16.9. The second kappa shape index (κ2) is 5.29. The van der Waals surface area contributed by atoms with E-state index in [1.165, 1.54) is 33.0 Å². The molecule has 0 saturated carbocycles. The minimum atomic E-state index is -0.178. The van der Waals surface area contributed by atoms with Crippen LogP contribution in [0.5, 0.6) is 5.75 Å². The van der Waals surface area contributed by atoms with E-state index in [-0.39, 0.29) is 12.2 Å². The van der Waals surface area contributed by atoms with Crippen LogP contribution in [0.25, 0.3) is 4.96 Å². The van der Waals surface area contributed by atoms with Gasteiger partial charge in [-0.3, -0.25) is 4.79 Å². The van der Waals surface area contributed by atoms with Gasteiger partial charge in [0.15, 0.2) is 0 Å². The fraction of sp³-hybridized carbons (Fsp3) is 0.267. The van der Waals surface area contributed by atoms with Crippen molar-refractivity contribution in [3.8, 4) is 5.75 Å². The number of rotatable bonds is 3. The highest BCUT2D eigenvalue weighted by Gasteiger charge is 2.07. The molecule has 0 N–H and O–H groups in total. The summed E-state index contributed by atoms with van der Waals surface area (Å²) in [5, 5.41) is 4.92. The van der Waals surface area contributed by atoms with Crippen LogP contribution in [-0.4, -0.2) is 14.6 Å². The van der Waals surface area contributed by atoms with E-state index in [1.54, 1.807) is 0 Å². The molecule has 0 fully saturated rings. The van der Waals surface area contributed by atoms with Crippen molar-refractivity contribution >= 4 is 16.3 Å². The summed E-state index contributed by atoms with van der Waals surface area (Å²) in [7, 11) is 0. The number of benzene rings is 1. The van der Waals surface area contributed by atoms with E-state index in [0.29, 0.717) is 10.7 Å². The molecule has 0 aliphatic rings. The van der Waals surface area contributed by atoms with Gasteiger partial charge in [0.2, 0.25) is 4.96 Å². The Kier molecular flexibility index (Phi) is 3.47. The number of aromatic nitrogens is 3. The number of aryl methyl sites for hydroxylation is 3. The van der Waals surface area contributed by atoms with Gasteiger partial charge in [-0.05, 0) is 44.0 Å². The first-order valence-electron chi connectivity index (χ1n) is 6.59. The van der Waals surface area contributed by atoms with Crippen LogP contribution >= 0.6 is 11.3 Å². The summed E-state index contributed by atoms with van der Waals surface area (Å²) in [6, 6.07) is 7.39. The number of fused-ring (bicyclic) bond motifs is 1. The average molecular weight is 301 g/mol. The Balaban J connectivity index is 1.84. The number of ether oxygens (including phenoxy) is 1. The predicted molar refractivity (Wildman–Crippen MR) is 82.1 cm³/mol. The Bertz CT molecular complexity index is 867. The molecule has 6 heteroatoms. The van der Waals surface area contributed by atoms with Crippen LogP contribution in [0.3, 0.4) is 0 Å². The average Bonchev–Trinajstić information content (AvgIpc) is 2.81. The van der Waals surface area contributed by atoms with Gasteiger partial charge in [0.05, 0.1) is 5.69 Å². The van der Waals surface area contributed by atoms with Gasteiger partial charge in [-0.15, -0.1) is 0 Å². The maximum absolute atomic E-state index is 11.9. The Morgan fingerprint density at radius 3 is 2.76 bits per heavy atom. The molecule has 0 spiro atoms. The summed E-state index contributed by atoms with van der Waals surface area (Å²) in [6.07, 6.45) is 0. The highest BCUT2D eigenvalue weighted by molar-refractivity contribution is 7.16. The fourth-order valence-corrected chi connectivity index (χ4v) is 2.75. The summed E-state index contributed by atoms with van der Waals surface area (Å²) >= 11 is 1.39. The summed E-state index contributed by atoms with van der Waals surface area (Å²) in [5.41, 5.74) is 2.83. The van der Waals surface area contributed by atoms with Crippen molar-refractivity contribution in [1.82, 2.24) is 14.6 Å². The predicted octanol–water partition coefficient (Wildman–Crippen LogP) is 2.66. The molecule has 2 heterocycles. The molecule has 1 aromatic carbocycles. The van der Waals surface area contributed by atoms with Gasteiger partial charge in [0.1, 0.15) is 17.4 Å². The minimum Gasteiger partial charge on any atom is -0.487 e. The van der Waals surface area contributed by atoms with Crippen molar-refractivity contribution in [3.05, 3.63) is 56.4 Å². The second-order valence-electron chi connectivity index (χ2n) is 4.94. The van der Waals surface area contributed by atoms with Gasteiger partial charge >= 0.3 is 0 Å². The molecular weight excluding hydrogens is 286 g/mol. The van der Waals surface area contributed by atoms with Crippen LogP contribution < -0.4 is 10.3 Å². The monoisotopic (exact) mass is 301 g/mol. The Morgan fingerprint density at radius 1 is 1.19 bits per heavy atom. The normalized spacial score (nSPS) is 11.0. The van der Waals surface area contributed by atoms with Crippen molar-refractivity contribution in [3.63, 3.8) is 0 Å². The van der Waals surface area contributed by atoms with E-state index < -0.39 is 0 Å². The van der Waals surface area contributed by atoms with Crippen LogP contribution in [0.2, 0.25) is 0 Å². The van der Waals surface area contributed by atoms with Gasteiger partial charge in [0.25, 0.3) is 5.56 Å². The topological polar surface area (TPSA) is 56.5 Å². The molecule has 0 radical (unpaired) electrons. The first-order chi connectivity index (χ1) is 10.0. The molecular formula is C15H15N3O2S. The third kappa shape index (κ3) is 2.80. The lowest BCUT2D eigenvalue weighted by atomic mass is 10.1. The van der Waals surface area contributed by atoms with Gasteiger partial charge < -0.3 is 4.74 Å². The molecule has 0 aliphatic carbocycles. The van der Waals surface area contributed by atoms with Gasteiger partial charge in [0, 0.05) is 6.07 Å². The highest BCUT2D eigenvalue weighted by Crippen LogP contribution is 2.17. The van der Waals surface area contributed by atoms with Crippen LogP contribution in [0.1, 0.15) is 21.8 Å². The molecule has 108 valence electrons. The largest absolute Gasteiger partial charge is 0.487 e. The van der Waals surface area contributed by atoms with Crippen LogP contribution in [0, 0.1) is 20.8 Å². The van der Waals surface area contributed by atoms with Crippen molar-refractivity contribution in [2.75, 3.05) is 0 Å². The Morgan fingerprint density at radius 2 is 2.00 bits per heavy atom. The Hall–Kier alpha value is -2.21. The molecule has 3 rings (SSSR count). The van der Waals surface area contributed by atoms with E-state index in [9.17, 15) is 4.79 Å². The maximum atomic E-state index is 11.9. The zero-order chi connectivity index (χ0) is 15.0. The zero-order valence-corrected chi connectivity index (χ0v) is 12.9. The lowest BCUT2D eigenvalue weighted by Gasteiger charge is -2.07. The van der Waals surface area contributed by atoms with Gasteiger partial charge in [-0.25, -0.2) is 4.98 Å². The van der Waals surface area contributed by atoms with Crippen molar-refractivity contribution in [2.45, 2.75) is 27.4 Å². The fourth-order valence-electron chi connectivity index (χ4n) is 1.99. The summed E-state index contributed by atoms with van der Waals surface area (Å²) in [6.45, 7) is 6.22. The van der Waals surface area contributed by atoms with E-state index in [4.69, 9.17) is 4.74 Å². The minimum absolute atomic E-state index is 0.178. The SMILES string of the molecule is Cc1nn2c(=O)cc(COc3ccc(C)c(C)c3)nc2s1. The van der Waals surface area contributed by atoms with E-state index in [2.05, 4.69) is 17.0 Å². The first kappa shape index (κ1) is 13.8. The van der Waals surface area contributed by atoms with E-state index in [0.717, 1.165) is 10.8 Å². The zero-order valence-electron chi connectivity index (χ0n) is 12.1. The molecule has 0 amide bonds. The lowest BCUT2D eigenvalue weighted by molar-refractivity contribution is 0.301. The van der Waals surface area contributed by atoms with Crippen molar-refractivity contribution in [2.24, 2.45) is 0 Å². The third-order valence-electron chi connectivity index (χ3n) is 3.26. The maximum Gasteiger partial charge on any atom is 0.275 e. The molecule has 0 aliphatic heterocycles. The molecule has 21 heavy (non-hydrogen) atoms. The van der Waals surface area contributed by atoms with Crippen LogP contribution in [0.4, 0.5) is 0 Å². The quantitative estimate of drug-likeness (QED) is 0.746. The number of hydrogen-bond donors (Lipinski definition) is 0. The standard InChI is InChI=1S/C15H15N3O2S/c1-9-4-5-13(6-10(9)2)20-8-12-7-14(19)18-15(16-12)21-11(3)17-18/h4-7H,8H2,1-3H3. The lowest BCUT2D eigenvalue weighted by Crippen LogP contribution is -2.16. The first-order valence-corrected chi connectivity index (χ1v) is 7.41. The van der Waals surface area contributed by atoms with E-state index >= 15 is 0 Å². The molecule has 5 nitrogen and oxygen atoms in total. The van der Waals surface area contributed by atoms with Gasteiger partial charge in [-0.2, -0.15) is 9.61 Å². The summed E-state index contributed by atoms with van der Waals surface area (Å²) in [5.74, 6) is 0.778. The third-order valence-corrected chi connectivity index (χ3v) is 4.09. The molecule has 3 aromatic rings. The number of nitrogens with zero attached hydrogens (tertiary/aromatic N) is 3. The van der Waals surface area contributed by atoms with Crippen molar-refractivity contribution < 1.29 is 4.74 Å². The van der Waals surface area contributed by atoms with Crippen LogP contribution in [0.15, 0.2) is 29.1 Å². The highest BCUT2D eigenvalue weighted by atomic mass is 32.1. The van der Waals surface area contributed by atoms with Crippen molar-refractivity contribution in [1.29, 1.82) is 0 Å². The smallest absolute Gasteiger partial charge is 0.275 e. The molecule has 2 aromatic heterocycles. The van der Waals surface area contributed by atoms with Gasteiger partial charge in [-0.1, -0.05) is 17.4 Å². The molecule has 0 atom stereocenters. The molecule has 0 bridgehead atoms. The number of hydrogen-bond acceptors (Lipinski definition) is 5. The molecule has 0 saturated heterocycles. The van der Waals surface area contributed by atoms with E-state index in [1.807, 2.05) is 32.0 Å². The van der Waals surface area contributed by atoms with Crippen LogP contribution in [-0.2, 0) is 6.61 Å². The molecule has 0 unspecified atom stereocenters.